The van der Waals surface area contributed by atoms with Gasteiger partial charge in [0, 0.05) is 5.92 Å². The molecule has 1 saturated carbocycles. The van der Waals surface area contributed by atoms with Crippen LogP contribution in [0.4, 0.5) is 19.0 Å². The minimum Gasteiger partial charge on any atom is -0.310 e. The van der Waals surface area contributed by atoms with Gasteiger partial charge in [-0.15, -0.1) is 0 Å². The lowest BCUT2D eigenvalue weighted by Crippen LogP contribution is -2.32. The Kier molecular flexibility index (Phi) is 4.52. The van der Waals surface area contributed by atoms with E-state index in [2.05, 4.69) is 10.3 Å². The minimum absolute atomic E-state index is 0.00452. The molecular formula is C13H14ClF3N2O. The van der Waals surface area contributed by atoms with Crippen molar-refractivity contribution in [2.75, 3.05) is 5.32 Å². The lowest BCUT2D eigenvalue weighted by atomic mass is 9.81. The molecule has 3 nitrogen and oxygen atoms in total. The first kappa shape index (κ1) is 15.1. The number of halogens is 4. The Morgan fingerprint density at radius 2 is 1.90 bits per heavy atom. The average Bonchev–Trinajstić information content (AvgIpc) is 2.38. The van der Waals surface area contributed by atoms with E-state index in [1.165, 1.54) is 0 Å². The number of pyridine rings is 1. The summed E-state index contributed by atoms with van der Waals surface area (Å²) in [7, 11) is 0. The molecule has 1 aromatic rings. The first-order valence-electron chi connectivity index (χ1n) is 6.36. The van der Waals surface area contributed by atoms with Crippen molar-refractivity contribution < 1.29 is 18.0 Å². The minimum atomic E-state index is -4.16. The van der Waals surface area contributed by atoms with Crippen molar-refractivity contribution in [3.63, 3.8) is 0 Å². The second-order valence-electron chi connectivity index (χ2n) is 4.92. The van der Waals surface area contributed by atoms with Crippen LogP contribution in [0.3, 0.4) is 0 Å². The highest BCUT2D eigenvalue weighted by atomic mass is 35.5. The molecule has 0 saturated heterocycles. The molecule has 0 unspecified atom stereocenters. The molecule has 0 bridgehead atoms. The molecule has 1 heterocycles. The molecule has 1 aliphatic rings. The molecule has 7 heteroatoms. The van der Waals surface area contributed by atoms with Crippen LogP contribution in [-0.4, -0.2) is 17.1 Å². The van der Waals surface area contributed by atoms with Gasteiger partial charge in [0.15, 0.2) is 0 Å². The largest absolute Gasteiger partial charge is 0.391 e. The van der Waals surface area contributed by atoms with Gasteiger partial charge in [-0.25, -0.2) is 4.98 Å². The van der Waals surface area contributed by atoms with Crippen LogP contribution in [0.2, 0.25) is 5.15 Å². The molecule has 110 valence electrons. The second kappa shape index (κ2) is 5.99. The van der Waals surface area contributed by atoms with Crippen LogP contribution in [-0.2, 0) is 4.79 Å². The average molecular weight is 307 g/mol. The van der Waals surface area contributed by atoms with Gasteiger partial charge in [-0.1, -0.05) is 17.7 Å². The summed E-state index contributed by atoms with van der Waals surface area (Å²) in [6, 6.07) is 4.81. The number of carbonyl (C=O) groups excluding carboxylic acids is 1. The molecule has 20 heavy (non-hydrogen) atoms. The number of alkyl halides is 3. The van der Waals surface area contributed by atoms with Crippen LogP contribution in [0.15, 0.2) is 18.2 Å². The van der Waals surface area contributed by atoms with Gasteiger partial charge in [0.1, 0.15) is 11.0 Å². The number of aromatic nitrogens is 1. The number of anilines is 1. The predicted molar refractivity (Wildman–Crippen MR) is 69.4 cm³/mol. The summed E-state index contributed by atoms with van der Waals surface area (Å²) in [5.74, 6) is -1.65. The smallest absolute Gasteiger partial charge is 0.310 e. The first-order valence-corrected chi connectivity index (χ1v) is 6.74. The number of rotatable bonds is 2. The van der Waals surface area contributed by atoms with E-state index in [9.17, 15) is 18.0 Å². The molecule has 0 spiro atoms. The molecule has 1 fully saturated rings. The number of hydrogen-bond donors (Lipinski definition) is 1. The number of nitrogens with zero attached hydrogens (tertiary/aromatic N) is 1. The fourth-order valence-corrected chi connectivity index (χ4v) is 2.55. The summed E-state index contributed by atoms with van der Waals surface area (Å²) in [6.07, 6.45) is -3.65. The number of nitrogens with one attached hydrogen (secondary N) is 1. The molecule has 1 N–H and O–H groups in total. The molecule has 0 aliphatic heterocycles. The van der Waals surface area contributed by atoms with Gasteiger partial charge < -0.3 is 5.32 Å². The summed E-state index contributed by atoms with van der Waals surface area (Å²) in [6.45, 7) is 0. The fourth-order valence-electron chi connectivity index (χ4n) is 2.39. The van der Waals surface area contributed by atoms with Crippen LogP contribution in [0.5, 0.6) is 0 Å². The fraction of sp³-hybridized carbons (Fsp3) is 0.538. The molecule has 1 aromatic heterocycles. The van der Waals surface area contributed by atoms with Crippen molar-refractivity contribution in [2.24, 2.45) is 11.8 Å². The molecule has 2 rings (SSSR count). The maximum atomic E-state index is 12.5. The van der Waals surface area contributed by atoms with E-state index < -0.39 is 18.0 Å². The van der Waals surface area contributed by atoms with E-state index >= 15 is 0 Å². The maximum Gasteiger partial charge on any atom is 0.391 e. The number of amides is 1. The topological polar surface area (TPSA) is 42.0 Å². The van der Waals surface area contributed by atoms with E-state index in [1.54, 1.807) is 18.2 Å². The van der Waals surface area contributed by atoms with Crippen molar-refractivity contribution >= 4 is 23.3 Å². The summed E-state index contributed by atoms with van der Waals surface area (Å²) in [5.41, 5.74) is 0. The summed E-state index contributed by atoms with van der Waals surface area (Å²) >= 11 is 5.70. The van der Waals surface area contributed by atoms with Gasteiger partial charge in [-0.3, -0.25) is 4.79 Å². The van der Waals surface area contributed by atoms with Gasteiger partial charge in [-0.2, -0.15) is 13.2 Å². The number of hydrogen-bond acceptors (Lipinski definition) is 2. The highest BCUT2D eigenvalue weighted by Crippen LogP contribution is 2.39. The predicted octanol–water partition coefficient (Wildman–Crippen LogP) is 4.04. The summed E-state index contributed by atoms with van der Waals surface area (Å²) in [4.78, 5) is 15.9. The third-order valence-corrected chi connectivity index (χ3v) is 3.74. The highest BCUT2D eigenvalue weighted by molar-refractivity contribution is 6.29. The van der Waals surface area contributed by atoms with Crippen molar-refractivity contribution in [3.05, 3.63) is 23.4 Å². The Morgan fingerprint density at radius 3 is 2.45 bits per heavy atom. The van der Waals surface area contributed by atoms with Gasteiger partial charge in [0.25, 0.3) is 0 Å². The molecule has 0 aromatic carbocycles. The SMILES string of the molecule is O=C(Nc1cccc(Cl)n1)C1CCC(C(F)(F)F)CC1. The zero-order chi connectivity index (χ0) is 14.8. The molecular weight excluding hydrogens is 293 g/mol. The van der Waals surface area contributed by atoms with Crippen LogP contribution in [0.25, 0.3) is 0 Å². The Hall–Kier alpha value is -1.30. The molecule has 0 atom stereocenters. The van der Waals surface area contributed by atoms with Crippen LogP contribution in [0, 0.1) is 11.8 Å². The van der Waals surface area contributed by atoms with Crippen molar-refractivity contribution in [1.82, 2.24) is 4.98 Å². The zero-order valence-corrected chi connectivity index (χ0v) is 11.3. The summed E-state index contributed by atoms with van der Waals surface area (Å²) < 4.78 is 37.6. The first-order chi connectivity index (χ1) is 9.36. The van der Waals surface area contributed by atoms with E-state index in [1.807, 2.05) is 0 Å². The van der Waals surface area contributed by atoms with Crippen LogP contribution in [0.1, 0.15) is 25.7 Å². The summed E-state index contributed by atoms with van der Waals surface area (Å²) in [5, 5.41) is 2.84. The van der Waals surface area contributed by atoms with Crippen LogP contribution >= 0.6 is 11.6 Å². The monoisotopic (exact) mass is 306 g/mol. The van der Waals surface area contributed by atoms with E-state index in [0.717, 1.165) is 0 Å². The number of carbonyl (C=O) groups is 1. The Labute approximate surface area is 119 Å². The maximum absolute atomic E-state index is 12.5. The third kappa shape index (κ3) is 3.85. The van der Waals surface area contributed by atoms with Crippen molar-refractivity contribution in [3.8, 4) is 0 Å². The van der Waals surface area contributed by atoms with Crippen molar-refractivity contribution in [2.45, 2.75) is 31.9 Å². The zero-order valence-electron chi connectivity index (χ0n) is 10.6. The van der Waals surface area contributed by atoms with Gasteiger partial charge in [-0.05, 0) is 37.8 Å². The lowest BCUT2D eigenvalue weighted by Gasteiger charge is -2.28. The highest BCUT2D eigenvalue weighted by Gasteiger charge is 2.42. The molecule has 1 amide bonds. The standard InChI is InChI=1S/C13H14ClF3N2O/c14-10-2-1-3-11(18-10)19-12(20)8-4-6-9(7-5-8)13(15,16)17/h1-3,8-9H,4-7H2,(H,18,19,20). The molecule has 0 radical (unpaired) electrons. The van der Waals surface area contributed by atoms with E-state index in [-0.39, 0.29) is 36.7 Å². The van der Waals surface area contributed by atoms with E-state index in [4.69, 9.17) is 11.6 Å². The van der Waals surface area contributed by atoms with Gasteiger partial charge in [0.2, 0.25) is 5.91 Å². The van der Waals surface area contributed by atoms with Gasteiger partial charge in [0.05, 0.1) is 5.92 Å². The van der Waals surface area contributed by atoms with Gasteiger partial charge >= 0.3 is 6.18 Å². The Balaban J connectivity index is 1.89. The Bertz CT molecular complexity index is 485. The van der Waals surface area contributed by atoms with E-state index in [0.29, 0.717) is 5.82 Å². The third-order valence-electron chi connectivity index (χ3n) is 3.53. The lowest BCUT2D eigenvalue weighted by molar-refractivity contribution is -0.184. The second-order valence-corrected chi connectivity index (χ2v) is 5.31. The van der Waals surface area contributed by atoms with Crippen molar-refractivity contribution in [1.29, 1.82) is 0 Å². The normalized spacial score (nSPS) is 23.4. The quantitative estimate of drug-likeness (QED) is 0.838. The van der Waals surface area contributed by atoms with Crippen LogP contribution < -0.4 is 5.32 Å². The molecule has 1 aliphatic carbocycles. The Morgan fingerprint density at radius 1 is 1.25 bits per heavy atom.